The van der Waals surface area contributed by atoms with Crippen LogP contribution >= 0.6 is 0 Å². The summed E-state index contributed by atoms with van der Waals surface area (Å²) in [5.74, 6) is -0.0328. The quantitative estimate of drug-likeness (QED) is 0.888. The van der Waals surface area contributed by atoms with Crippen LogP contribution in [0, 0.1) is 12.7 Å². The number of aromatic nitrogens is 4. The fourth-order valence-electron chi connectivity index (χ4n) is 2.39. The van der Waals surface area contributed by atoms with Gasteiger partial charge in [0.05, 0.1) is 6.10 Å². The summed E-state index contributed by atoms with van der Waals surface area (Å²) in [5, 5.41) is 16.3. The van der Waals surface area contributed by atoms with Gasteiger partial charge in [-0.15, -0.1) is 5.10 Å². The maximum Gasteiger partial charge on any atom is 0.319 e. The molecule has 0 saturated carbocycles. The molecule has 0 radical (unpaired) electrons. The molecule has 1 atom stereocenters. The summed E-state index contributed by atoms with van der Waals surface area (Å²) in [7, 11) is 0. The van der Waals surface area contributed by atoms with Gasteiger partial charge in [0.1, 0.15) is 11.5 Å². The lowest BCUT2D eigenvalue weighted by molar-refractivity contribution is 0.112. The second-order valence-electron chi connectivity index (χ2n) is 5.27. The minimum Gasteiger partial charge on any atom is -0.376 e. The predicted molar refractivity (Wildman–Crippen MR) is 79.8 cm³/mol. The number of carbonyl (C=O) groups is 1. The number of carbonyl (C=O) groups excluding carboxylic acids is 1. The Labute approximate surface area is 132 Å². The molecule has 1 aliphatic rings. The van der Waals surface area contributed by atoms with Crippen molar-refractivity contribution in [3.63, 3.8) is 0 Å². The highest BCUT2D eigenvalue weighted by atomic mass is 19.1. The molecule has 1 saturated heterocycles. The van der Waals surface area contributed by atoms with Gasteiger partial charge >= 0.3 is 6.03 Å². The molecule has 0 spiro atoms. The monoisotopic (exact) mass is 320 g/mol. The minimum absolute atomic E-state index is 0.0633. The van der Waals surface area contributed by atoms with Crippen LogP contribution in [0.3, 0.4) is 0 Å². The average Bonchev–Trinajstić information content (AvgIpc) is 3.19. The van der Waals surface area contributed by atoms with Gasteiger partial charge in [-0.05, 0) is 48.4 Å². The zero-order valence-corrected chi connectivity index (χ0v) is 12.6. The first kappa shape index (κ1) is 15.3. The normalized spacial score (nSPS) is 17.2. The Morgan fingerprint density at radius 3 is 3.09 bits per heavy atom. The zero-order valence-electron chi connectivity index (χ0n) is 12.6. The van der Waals surface area contributed by atoms with E-state index in [0.29, 0.717) is 18.1 Å². The molecule has 0 bridgehead atoms. The number of hydrogen-bond donors (Lipinski definition) is 2. The Balaban J connectivity index is 1.66. The molecule has 0 aliphatic carbocycles. The molecule has 1 aromatic heterocycles. The maximum atomic E-state index is 13.9. The van der Waals surface area contributed by atoms with Crippen LogP contribution in [0.2, 0.25) is 0 Å². The lowest BCUT2D eigenvalue weighted by atomic mass is 10.2. The molecule has 122 valence electrons. The number of hydrogen-bond acceptors (Lipinski definition) is 5. The van der Waals surface area contributed by atoms with Crippen molar-refractivity contribution in [1.82, 2.24) is 25.5 Å². The molecule has 1 aliphatic heterocycles. The summed E-state index contributed by atoms with van der Waals surface area (Å²) in [6, 6.07) is 3.84. The largest absolute Gasteiger partial charge is 0.376 e. The van der Waals surface area contributed by atoms with Crippen LogP contribution in [0.5, 0.6) is 0 Å². The molecule has 23 heavy (non-hydrogen) atoms. The van der Waals surface area contributed by atoms with Gasteiger partial charge in [-0.3, -0.25) is 0 Å². The molecule has 0 unspecified atom stereocenters. The van der Waals surface area contributed by atoms with Crippen molar-refractivity contribution in [2.45, 2.75) is 25.9 Å². The molecule has 2 aromatic rings. The third kappa shape index (κ3) is 3.62. The maximum absolute atomic E-state index is 13.9. The predicted octanol–water partition coefficient (Wildman–Crippen LogP) is 1.41. The third-order valence-corrected chi connectivity index (χ3v) is 3.57. The van der Waals surface area contributed by atoms with Crippen molar-refractivity contribution in [3.05, 3.63) is 29.8 Å². The van der Waals surface area contributed by atoms with E-state index in [2.05, 4.69) is 26.2 Å². The zero-order chi connectivity index (χ0) is 16.2. The number of aryl methyl sites for hydroxylation is 1. The number of urea groups is 1. The van der Waals surface area contributed by atoms with Crippen molar-refractivity contribution >= 4 is 11.7 Å². The number of nitrogens with zero attached hydrogens (tertiary/aromatic N) is 4. The SMILES string of the molecule is Cc1nnnn1-c1cc(NC(=O)NC[C@@H]2CCCO2)ccc1F. The smallest absolute Gasteiger partial charge is 0.319 e. The van der Waals surface area contributed by atoms with Gasteiger partial charge in [0.15, 0.2) is 5.82 Å². The Morgan fingerprint density at radius 2 is 2.39 bits per heavy atom. The summed E-state index contributed by atoms with van der Waals surface area (Å²) in [6.45, 7) is 2.85. The van der Waals surface area contributed by atoms with E-state index in [1.54, 1.807) is 6.92 Å². The molecule has 8 nitrogen and oxygen atoms in total. The first-order valence-corrected chi connectivity index (χ1v) is 7.35. The Hall–Kier alpha value is -2.55. The summed E-state index contributed by atoms with van der Waals surface area (Å²) in [6.07, 6.45) is 2.02. The highest BCUT2D eigenvalue weighted by Crippen LogP contribution is 2.18. The Morgan fingerprint density at radius 1 is 1.52 bits per heavy atom. The number of ether oxygens (including phenoxy) is 1. The second-order valence-corrected chi connectivity index (χ2v) is 5.27. The fourth-order valence-corrected chi connectivity index (χ4v) is 2.39. The van der Waals surface area contributed by atoms with E-state index in [4.69, 9.17) is 4.74 Å². The molecule has 2 heterocycles. The molecule has 3 rings (SSSR count). The highest BCUT2D eigenvalue weighted by molar-refractivity contribution is 5.89. The summed E-state index contributed by atoms with van der Waals surface area (Å²) >= 11 is 0. The van der Waals surface area contributed by atoms with E-state index in [1.807, 2.05) is 0 Å². The van der Waals surface area contributed by atoms with E-state index in [0.717, 1.165) is 19.4 Å². The Bertz CT molecular complexity index is 698. The number of anilines is 1. The molecular weight excluding hydrogens is 303 g/mol. The summed E-state index contributed by atoms with van der Waals surface area (Å²) in [4.78, 5) is 11.9. The van der Waals surface area contributed by atoms with Gasteiger partial charge in [0, 0.05) is 18.8 Å². The van der Waals surface area contributed by atoms with Gasteiger partial charge < -0.3 is 15.4 Å². The highest BCUT2D eigenvalue weighted by Gasteiger charge is 2.16. The van der Waals surface area contributed by atoms with Crippen LogP contribution in [0.4, 0.5) is 14.9 Å². The number of amides is 2. The van der Waals surface area contributed by atoms with E-state index in [1.165, 1.54) is 22.9 Å². The molecule has 2 amide bonds. The summed E-state index contributed by atoms with van der Waals surface area (Å²) in [5.41, 5.74) is 0.616. The van der Waals surface area contributed by atoms with Crippen LogP contribution in [0.25, 0.3) is 5.69 Å². The van der Waals surface area contributed by atoms with Crippen molar-refractivity contribution in [2.75, 3.05) is 18.5 Å². The number of rotatable bonds is 4. The number of halogens is 1. The third-order valence-electron chi connectivity index (χ3n) is 3.57. The van der Waals surface area contributed by atoms with Gasteiger partial charge in [-0.2, -0.15) is 4.68 Å². The fraction of sp³-hybridized carbons (Fsp3) is 0.429. The topological polar surface area (TPSA) is 94.0 Å². The van der Waals surface area contributed by atoms with Crippen molar-refractivity contribution in [1.29, 1.82) is 0 Å². The molecule has 9 heteroatoms. The van der Waals surface area contributed by atoms with Gasteiger partial charge in [-0.25, -0.2) is 9.18 Å². The molecule has 2 N–H and O–H groups in total. The van der Waals surface area contributed by atoms with E-state index >= 15 is 0 Å². The number of benzene rings is 1. The van der Waals surface area contributed by atoms with Gasteiger partial charge in [0.25, 0.3) is 0 Å². The van der Waals surface area contributed by atoms with Gasteiger partial charge in [-0.1, -0.05) is 0 Å². The molecule has 1 fully saturated rings. The first-order valence-electron chi connectivity index (χ1n) is 7.35. The van der Waals surface area contributed by atoms with Crippen LogP contribution in [0.15, 0.2) is 18.2 Å². The molecule has 1 aromatic carbocycles. The number of nitrogens with one attached hydrogen (secondary N) is 2. The van der Waals surface area contributed by atoms with E-state index in [-0.39, 0.29) is 17.8 Å². The first-order chi connectivity index (χ1) is 11.1. The van der Waals surface area contributed by atoms with E-state index in [9.17, 15) is 9.18 Å². The summed E-state index contributed by atoms with van der Waals surface area (Å²) < 4.78 is 20.6. The lowest BCUT2D eigenvalue weighted by Gasteiger charge is -2.12. The molecular formula is C14H17FN6O2. The lowest BCUT2D eigenvalue weighted by Crippen LogP contribution is -2.35. The Kier molecular flexibility index (Phi) is 4.47. The van der Waals surface area contributed by atoms with Crippen LogP contribution < -0.4 is 10.6 Å². The van der Waals surface area contributed by atoms with Crippen molar-refractivity contribution < 1.29 is 13.9 Å². The van der Waals surface area contributed by atoms with Gasteiger partial charge in [0.2, 0.25) is 0 Å². The minimum atomic E-state index is -0.481. The van der Waals surface area contributed by atoms with Crippen molar-refractivity contribution in [3.8, 4) is 5.69 Å². The van der Waals surface area contributed by atoms with E-state index < -0.39 is 5.82 Å². The number of tetrazole rings is 1. The second kappa shape index (κ2) is 6.69. The van der Waals surface area contributed by atoms with Crippen LogP contribution in [0.1, 0.15) is 18.7 Å². The van der Waals surface area contributed by atoms with Crippen molar-refractivity contribution in [2.24, 2.45) is 0 Å². The standard InChI is InChI=1S/C14H17FN6O2/c1-9-18-19-20-21(9)13-7-10(4-5-12(13)15)17-14(22)16-8-11-3-2-6-23-11/h4-5,7,11H,2-3,6,8H2,1H3,(H2,16,17,22)/t11-/m0/s1. The average molecular weight is 320 g/mol. The van der Waals surface area contributed by atoms with Crippen LogP contribution in [-0.4, -0.2) is 45.5 Å². The van der Waals surface area contributed by atoms with Crippen LogP contribution in [-0.2, 0) is 4.74 Å².